The van der Waals surface area contributed by atoms with Crippen molar-refractivity contribution in [2.24, 2.45) is 13.0 Å². The van der Waals surface area contributed by atoms with Crippen LogP contribution in [0.1, 0.15) is 93.6 Å². The van der Waals surface area contributed by atoms with Gasteiger partial charge in [-0.1, -0.05) is 25.0 Å². The van der Waals surface area contributed by atoms with E-state index in [0.717, 1.165) is 31.2 Å². The number of carbonyl (C=O) groups is 4. The molecule has 58 heavy (non-hydrogen) atoms. The van der Waals surface area contributed by atoms with Crippen molar-refractivity contribution < 1.29 is 41.8 Å². The van der Waals surface area contributed by atoms with Crippen LogP contribution >= 0.6 is 0 Å². The minimum Gasteiger partial charge on any atom is -0.496 e. The first-order valence-corrected chi connectivity index (χ1v) is 21.7. The maximum absolute atomic E-state index is 14.7. The third-order valence-corrected chi connectivity index (χ3v) is 14.3. The molecule has 1 aromatic carbocycles. The smallest absolute Gasteiger partial charge is 0.272 e. The highest BCUT2D eigenvalue weighted by Crippen LogP contribution is 2.48. The zero-order chi connectivity index (χ0) is 41.0. The number of aryl methyl sites for hydroxylation is 2. The predicted octanol–water partition coefficient (Wildman–Crippen LogP) is 3.37. The van der Waals surface area contributed by atoms with Crippen LogP contribution in [0.4, 0.5) is 0 Å². The molecule has 3 aromatic rings. The number of hydrogen-bond acceptors (Lipinski definition) is 11. The van der Waals surface area contributed by atoms with Crippen LogP contribution < -0.4 is 29.6 Å². The third-order valence-electron chi connectivity index (χ3n) is 12.2. The van der Waals surface area contributed by atoms with Crippen LogP contribution in [0, 0.1) is 12.8 Å². The Morgan fingerprint density at radius 3 is 2.52 bits per heavy atom. The van der Waals surface area contributed by atoms with E-state index >= 15 is 0 Å². The normalized spacial score (nSPS) is 27.6. The molecular weight excluding hydrogens is 767 g/mol. The van der Waals surface area contributed by atoms with Gasteiger partial charge in [0.25, 0.3) is 11.8 Å². The van der Waals surface area contributed by atoms with Gasteiger partial charge in [-0.2, -0.15) is 5.10 Å². The Morgan fingerprint density at radius 2 is 1.81 bits per heavy atom. The molecule has 3 aliphatic carbocycles. The van der Waals surface area contributed by atoms with Gasteiger partial charge < -0.3 is 29.7 Å². The highest BCUT2D eigenvalue weighted by atomic mass is 32.2. The molecule has 17 heteroatoms. The predicted molar refractivity (Wildman–Crippen MR) is 212 cm³/mol. The van der Waals surface area contributed by atoms with E-state index < -0.39 is 68.0 Å². The number of nitrogens with one attached hydrogen (secondary N) is 3. The molecule has 2 aromatic heterocycles. The zero-order valence-electron chi connectivity index (χ0n) is 33.3. The van der Waals surface area contributed by atoms with Gasteiger partial charge in [-0.25, -0.2) is 13.4 Å². The number of benzene rings is 1. The molecule has 0 bridgehead atoms. The molecule has 3 N–H and O–H groups in total. The fourth-order valence-corrected chi connectivity index (χ4v) is 9.30. The maximum atomic E-state index is 14.7. The van der Waals surface area contributed by atoms with E-state index in [2.05, 4.69) is 20.5 Å². The molecule has 3 saturated carbocycles. The van der Waals surface area contributed by atoms with Crippen molar-refractivity contribution >= 4 is 44.6 Å². The Bertz CT molecular complexity index is 2280. The number of aromatic nitrogens is 3. The van der Waals surface area contributed by atoms with Gasteiger partial charge in [0, 0.05) is 42.6 Å². The number of nitrogens with zero attached hydrogens (tertiary/aromatic N) is 4. The molecule has 5 atom stereocenters. The summed E-state index contributed by atoms with van der Waals surface area (Å²) in [6, 6.07) is 4.84. The zero-order valence-corrected chi connectivity index (χ0v) is 34.1. The van der Waals surface area contributed by atoms with Gasteiger partial charge in [-0.05, 0) is 83.4 Å². The first kappa shape index (κ1) is 39.6. The van der Waals surface area contributed by atoms with Crippen molar-refractivity contribution in [2.45, 2.75) is 119 Å². The average Bonchev–Trinajstić information content (AvgIpc) is 4.15. The highest BCUT2D eigenvalue weighted by molar-refractivity contribution is 7.91. The minimum absolute atomic E-state index is 0.0140. The van der Waals surface area contributed by atoms with Gasteiger partial charge in [0.15, 0.2) is 0 Å². The number of methoxy groups -OCH3 is 1. The Balaban J connectivity index is 1.13. The van der Waals surface area contributed by atoms with Crippen molar-refractivity contribution in [1.82, 2.24) is 35.0 Å². The van der Waals surface area contributed by atoms with Gasteiger partial charge in [-0.3, -0.25) is 28.6 Å². The van der Waals surface area contributed by atoms with Crippen molar-refractivity contribution in [3.8, 4) is 17.4 Å². The van der Waals surface area contributed by atoms with Crippen LogP contribution in [-0.2, 0) is 31.5 Å². The molecule has 4 fully saturated rings. The molecular formula is C41H51N7O9S. The lowest BCUT2D eigenvalue weighted by atomic mass is 10.0. The summed E-state index contributed by atoms with van der Waals surface area (Å²) in [5, 5.41) is 10.7. The standard InChI is InChI=1S/C41H51N7O9S/c1-24-32(55-4)15-14-28-33(21-34(43-35(24)28)57-26-12-13-26)56-27-20-31-37(50)44-41(39(52)46-58(53,54)40(2)17-18-40)22-25(41)10-8-6-5-7-9-11-30(38(51)48(31)23-27)42-36(49)29-16-19-47(3)45-29/h8,10,14-16,19,21,25-27,30-31H,5-7,9,11-13,17-18,20,22-23H2,1-4H3,(H,42,49)(H,44,50)(H,46,52)/b10-8-/t25?,27-,30+,31+,41-/m1/s1. The van der Waals surface area contributed by atoms with Gasteiger partial charge in [0.05, 0.1) is 23.9 Å². The van der Waals surface area contributed by atoms with E-state index in [0.29, 0.717) is 60.4 Å². The van der Waals surface area contributed by atoms with Gasteiger partial charge in [0.1, 0.15) is 47.0 Å². The molecule has 16 nitrogen and oxygen atoms in total. The molecule has 5 aliphatic rings. The first-order chi connectivity index (χ1) is 27.7. The summed E-state index contributed by atoms with van der Waals surface area (Å²) in [4.78, 5) is 62.9. The Kier molecular flexibility index (Phi) is 10.4. The van der Waals surface area contributed by atoms with Crippen molar-refractivity contribution in [3.05, 3.63) is 53.9 Å². The van der Waals surface area contributed by atoms with E-state index in [1.165, 1.54) is 9.58 Å². The Morgan fingerprint density at radius 1 is 1.02 bits per heavy atom. The van der Waals surface area contributed by atoms with E-state index in [1.54, 1.807) is 39.4 Å². The lowest BCUT2D eigenvalue weighted by Gasteiger charge is -2.30. The summed E-state index contributed by atoms with van der Waals surface area (Å²) in [6.07, 6.45) is 11.0. The van der Waals surface area contributed by atoms with E-state index in [9.17, 15) is 27.6 Å². The van der Waals surface area contributed by atoms with Crippen LogP contribution in [0.25, 0.3) is 10.9 Å². The number of rotatable bonds is 10. The monoisotopic (exact) mass is 817 g/mol. The molecule has 0 radical (unpaired) electrons. The number of carbonyl (C=O) groups excluding carboxylic acids is 4. The van der Waals surface area contributed by atoms with Crippen LogP contribution in [0.3, 0.4) is 0 Å². The topological polar surface area (TPSA) is 200 Å². The summed E-state index contributed by atoms with van der Waals surface area (Å²) in [5.74, 6) is -1.38. The average molecular weight is 818 g/mol. The van der Waals surface area contributed by atoms with E-state index in [-0.39, 0.29) is 31.2 Å². The van der Waals surface area contributed by atoms with Crippen molar-refractivity contribution in [1.29, 1.82) is 0 Å². The number of ether oxygens (including phenoxy) is 3. The van der Waals surface area contributed by atoms with Gasteiger partial charge >= 0.3 is 0 Å². The second kappa shape index (κ2) is 15.2. The molecule has 8 rings (SSSR count). The van der Waals surface area contributed by atoms with Crippen LogP contribution in [0.15, 0.2) is 42.6 Å². The van der Waals surface area contributed by atoms with Crippen molar-refractivity contribution in [3.63, 3.8) is 0 Å². The number of hydrogen-bond donors (Lipinski definition) is 3. The Hall–Kier alpha value is -5.19. The van der Waals surface area contributed by atoms with Gasteiger partial charge in [-0.15, -0.1) is 0 Å². The quantitative estimate of drug-likeness (QED) is 0.254. The second-order valence-corrected chi connectivity index (χ2v) is 18.9. The first-order valence-electron chi connectivity index (χ1n) is 20.2. The molecule has 310 valence electrons. The number of amides is 4. The number of pyridine rings is 1. The SMILES string of the molecule is COc1ccc2c(O[C@@H]3C[C@H]4C(=O)N[C@]5(C(=O)NS(=O)(=O)C6(C)CC6)CC5/C=C\CCCCC[C@H](NC(=O)c5ccn(C)n5)C(=O)N4C3)cc(OC3CC3)nc2c1C. The largest absolute Gasteiger partial charge is 0.496 e. The summed E-state index contributed by atoms with van der Waals surface area (Å²) in [6.45, 7) is 3.48. The van der Waals surface area contributed by atoms with Crippen LogP contribution in [-0.4, -0.2) is 99.9 Å². The molecule has 0 spiro atoms. The van der Waals surface area contributed by atoms with Gasteiger partial charge in [0.2, 0.25) is 27.7 Å². The summed E-state index contributed by atoms with van der Waals surface area (Å²) in [7, 11) is -0.723. The summed E-state index contributed by atoms with van der Waals surface area (Å²) < 4.78 is 47.6. The van der Waals surface area contributed by atoms with Crippen LogP contribution in [0.2, 0.25) is 0 Å². The van der Waals surface area contributed by atoms with E-state index in [1.807, 2.05) is 31.2 Å². The molecule has 1 saturated heterocycles. The van der Waals surface area contributed by atoms with Crippen LogP contribution in [0.5, 0.6) is 17.4 Å². The lowest BCUT2D eigenvalue weighted by Crippen LogP contribution is -2.58. The minimum atomic E-state index is -4.00. The molecule has 1 unspecified atom stereocenters. The van der Waals surface area contributed by atoms with Crippen molar-refractivity contribution in [2.75, 3.05) is 13.7 Å². The second-order valence-electron chi connectivity index (χ2n) is 16.7. The molecule has 2 aliphatic heterocycles. The summed E-state index contributed by atoms with van der Waals surface area (Å²) in [5.41, 5.74) is 0.0405. The highest BCUT2D eigenvalue weighted by Gasteiger charge is 2.63. The number of allylic oxidation sites excluding steroid dienone is 1. The number of fused-ring (bicyclic) bond motifs is 3. The number of sulfonamides is 1. The summed E-state index contributed by atoms with van der Waals surface area (Å²) >= 11 is 0. The maximum Gasteiger partial charge on any atom is 0.272 e. The fourth-order valence-electron chi connectivity index (χ4n) is 7.99. The lowest BCUT2D eigenvalue weighted by molar-refractivity contribution is -0.141. The Labute approximate surface area is 337 Å². The third kappa shape index (κ3) is 7.84. The fraction of sp³-hybridized carbons (Fsp3) is 0.561. The molecule has 4 heterocycles. The van der Waals surface area contributed by atoms with E-state index in [4.69, 9.17) is 19.2 Å². The molecule has 4 amide bonds.